The SMILES string of the molecule is c1cc2c(cn1)CC(c1ccc3oc(-c4ccc5scnc5c4)cc3c1)O2. The molecular formula is C22H14N2O2S. The number of nitrogens with zero attached hydrogens (tertiary/aromatic N) is 2. The van der Waals surface area contributed by atoms with Crippen molar-refractivity contribution in [3.8, 4) is 17.1 Å². The summed E-state index contributed by atoms with van der Waals surface area (Å²) in [4.78, 5) is 8.59. The topological polar surface area (TPSA) is 48.2 Å². The van der Waals surface area contributed by atoms with Crippen molar-refractivity contribution >= 4 is 32.5 Å². The number of hydrogen-bond donors (Lipinski definition) is 0. The van der Waals surface area contributed by atoms with Gasteiger partial charge in [0.05, 0.1) is 15.7 Å². The molecule has 0 spiro atoms. The van der Waals surface area contributed by atoms with E-state index >= 15 is 0 Å². The number of benzene rings is 2. The standard InChI is InChI=1S/C22H14N2O2S/c1-3-18-15(7-13(1)21-10-16-11-23-6-5-19(16)26-21)9-20(25-18)14-2-4-22-17(8-14)24-12-27-22/h1-9,11-12,21H,10H2. The molecule has 27 heavy (non-hydrogen) atoms. The summed E-state index contributed by atoms with van der Waals surface area (Å²) < 4.78 is 13.4. The zero-order valence-electron chi connectivity index (χ0n) is 14.3. The van der Waals surface area contributed by atoms with Crippen LogP contribution in [0.15, 0.2) is 70.9 Å². The molecule has 1 atom stereocenters. The number of fused-ring (bicyclic) bond motifs is 3. The highest BCUT2D eigenvalue weighted by Gasteiger charge is 2.24. The van der Waals surface area contributed by atoms with Crippen molar-refractivity contribution in [3.05, 3.63) is 77.6 Å². The van der Waals surface area contributed by atoms with Crippen LogP contribution in [0.25, 0.3) is 32.5 Å². The van der Waals surface area contributed by atoms with Crippen molar-refractivity contribution < 1.29 is 9.15 Å². The first-order chi connectivity index (χ1) is 13.3. The monoisotopic (exact) mass is 370 g/mol. The van der Waals surface area contributed by atoms with Crippen LogP contribution in [0.2, 0.25) is 0 Å². The Kier molecular flexibility index (Phi) is 3.13. The summed E-state index contributed by atoms with van der Waals surface area (Å²) in [6.45, 7) is 0. The number of pyridine rings is 1. The van der Waals surface area contributed by atoms with Gasteiger partial charge in [-0.15, -0.1) is 11.3 Å². The lowest BCUT2D eigenvalue weighted by Crippen LogP contribution is -2.02. The van der Waals surface area contributed by atoms with E-state index in [9.17, 15) is 0 Å². The number of aromatic nitrogens is 2. The number of hydrogen-bond acceptors (Lipinski definition) is 5. The molecular weight excluding hydrogens is 356 g/mol. The van der Waals surface area contributed by atoms with E-state index in [4.69, 9.17) is 9.15 Å². The van der Waals surface area contributed by atoms with Gasteiger partial charge >= 0.3 is 0 Å². The van der Waals surface area contributed by atoms with Crippen molar-refractivity contribution in [2.75, 3.05) is 0 Å². The molecule has 0 radical (unpaired) electrons. The van der Waals surface area contributed by atoms with E-state index in [0.717, 1.165) is 51.1 Å². The molecule has 2 aromatic carbocycles. The first kappa shape index (κ1) is 14.9. The van der Waals surface area contributed by atoms with Crippen LogP contribution in [-0.4, -0.2) is 9.97 Å². The van der Waals surface area contributed by atoms with Crippen LogP contribution in [0, 0.1) is 0 Å². The Morgan fingerprint density at radius 3 is 3.00 bits per heavy atom. The minimum atomic E-state index is 0.0262. The number of ether oxygens (including phenoxy) is 1. The van der Waals surface area contributed by atoms with Crippen LogP contribution < -0.4 is 4.74 Å². The molecule has 3 aromatic heterocycles. The normalized spacial score (nSPS) is 15.9. The minimum Gasteiger partial charge on any atom is -0.485 e. The predicted molar refractivity (Wildman–Crippen MR) is 106 cm³/mol. The molecule has 0 N–H and O–H groups in total. The summed E-state index contributed by atoms with van der Waals surface area (Å²) in [5, 5.41) is 1.08. The lowest BCUT2D eigenvalue weighted by molar-refractivity contribution is 0.239. The second kappa shape index (κ2) is 5.66. The minimum absolute atomic E-state index is 0.0262. The second-order valence-electron chi connectivity index (χ2n) is 6.74. The Hall–Kier alpha value is -3.18. The molecule has 0 bridgehead atoms. The summed E-state index contributed by atoms with van der Waals surface area (Å²) in [5.74, 6) is 1.79. The molecule has 4 nitrogen and oxygen atoms in total. The molecule has 4 heterocycles. The quantitative estimate of drug-likeness (QED) is 0.395. The van der Waals surface area contributed by atoms with E-state index in [0.29, 0.717) is 0 Å². The summed E-state index contributed by atoms with van der Waals surface area (Å²) in [6.07, 6.45) is 4.53. The van der Waals surface area contributed by atoms with E-state index < -0.39 is 0 Å². The van der Waals surface area contributed by atoms with Crippen LogP contribution in [-0.2, 0) is 6.42 Å². The third-order valence-corrected chi connectivity index (χ3v) is 5.87. The second-order valence-corrected chi connectivity index (χ2v) is 7.62. The molecule has 0 saturated heterocycles. The number of rotatable bonds is 2. The molecule has 0 fully saturated rings. The van der Waals surface area contributed by atoms with Crippen LogP contribution >= 0.6 is 11.3 Å². The molecule has 0 amide bonds. The van der Waals surface area contributed by atoms with Crippen molar-refractivity contribution in [1.82, 2.24) is 9.97 Å². The van der Waals surface area contributed by atoms with Gasteiger partial charge in [0.25, 0.3) is 0 Å². The van der Waals surface area contributed by atoms with E-state index in [-0.39, 0.29) is 6.10 Å². The molecule has 6 rings (SSSR count). The first-order valence-electron chi connectivity index (χ1n) is 8.80. The van der Waals surface area contributed by atoms with Crippen molar-refractivity contribution in [1.29, 1.82) is 0 Å². The maximum absolute atomic E-state index is 6.09. The molecule has 5 heteroatoms. The van der Waals surface area contributed by atoms with Gasteiger partial charge in [-0.25, -0.2) is 4.98 Å². The van der Waals surface area contributed by atoms with Gasteiger partial charge in [0.15, 0.2) is 0 Å². The fourth-order valence-corrected chi connectivity index (χ4v) is 4.34. The van der Waals surface area contributed by atoms with Gasteiger partial charge in [0.1, 0.15) is 23.2 Å². The van der Waals surface area contributed by atoms with Gasteiger partial charge in [-0.3, -0.25) is 4.98 Å². The lowest BCUT2D eigenvalue weighted by Gasteiger charge is -2.10. The molecule has 130 valence electrons. The highest BCUT2D eigenvalue weighted by atomic mass is 32.1. The summed E-state index contributed by atoms with van der Waals surface area (Å²) in [7, 11) is 0. The Bertz CT molecular complexity index is 1280. The summed E-state index contributed by atoms with van der Waals surface area (Å²) in [5.41, 5.74) is 7.11. The molecule has 5 aromatic rings. The Morgan fingerprint density at radius 1 is 1.04 bits per heavy atom. The van der Waals surface area contributed by atoms with Gasteiger partial charge in [-0.05, 0) is 48.0 Å². The van der Waals surface area contributed by atoms with Crippen molar-refractivity contribution in [3.63, 3.8) is 0 Å². The Balaban J connectivity index is 1.37. The van der Waals surface area contributed by atoms with Crippen molar-refractivity contribution in [2.24, 2.45) is 0 Å². The zero-order chi connectivity index (χ0) is 17.8. The highest BCUT2D eigenvalue weighted by Crippen LogP contribution is 2.38. The van der Waals surface area contributed by atoms with Gasteiger partial charge in [0, 0.05) is 35.3 Å². The Morgan fingerprint density at radius 2 is 2.04 bits per heavy atom. The van der Waals surface area contributed by atoms with Crippen LogP contribution in [0.3, 0.4) is 0 Å². The maximum Gasteiger partial charge on any atom is 0.135 e. The fraction of sp³-hybridized carbons (Fsp3) is 0.0909. The Labute approximate surface area is 159 Å². The maximum atomic E-state index is 6.09. The van der Waals surface area contributed by atoms with E-state index in [2.05, 4.69) is 46.4 Å². The third-order valence-electron chi connectivity index (χ3n) is 5.06. The van der Waals surface area contributed by atoms with Crippen LogP contribution in [0.5, 0.6) is 5.75 Å². The van der Waals surface area contributed by atoms with Gasteiger partial charge in [0.2, 0.25) is 0 Å². The van der Waals surface area contributed by atoms with E-state index in [1.807, 2.05) is 23.8 Å². The van der Waals surface area contributed by atoms with Gasteiger partial charge in [-0.1, -0.05) is 6.07 Å². The first-order valence-corrected chi connectivity index (χ1v) is 9.68. The number of furan rings is 1. The molecule has 1 unspecified atom stereocenters. The van der Waals surface area contributed by atoms with Gasteiger partial charge < -0.3 is 9.15 Å². The zero-order valence-corrected chi connectivity index (χ0v) is 15.1. The predicted octanol–water partition coefficient (Wildman–Crippen LogP) is 5.78. The van der Waals surface area contributed by atoms with Crippen molar-refractivity contribution in [2.45, 2.75) is 12.5 Å². The fourth-order valence-electron chi connectivity index (χ4n) is 3.68. The number of thiazole rings is 1. The summed E-state index contributed by atoms with van der Waals surface area (Å²) in [6, 6.07) is 16.6. The molecule has 0 saturated carbocycles. The largest absolute Gasteiger partial charge is 0.485 e. The van der Waals surface area contributed by atoms with E-state index in [1.165, 1.54) is 4.70 Å². The summed E-state index contributed by atoms with van der Waals surface area (Å²) >= 11 is 1.65. The molecule has 1 aliphatic heterocycles. The lowest BCUT2D eigenvalue weighted by atomic mass is 10.0. The smallest absolute Gasteiger partial charge is 0.135 e. The average molecular weight is 370 g/mol. The molecule has 0 aliphatic carbocycles. The van der Waals surface area contributed by atoms with E-state index in [1.54, 1.807) is 17.5 Å². The van der Waals surface area contributed by atoms with Gasteiger partial charge in [-0.2, -0.15) is 0 Å². The van der Waals surface area contributed by atoms with Crippen LogP contribution in [0.1, 0.15) is 17.2 Å². The van der Waals surface area contributed by atoms with Crippen LogP contribution in [0.4, 0.5) is 0 Å². The average Bonchev–Trinajstić information content (AvgIpc) is 3.42. The highest BCUT2D eigenvalue weighted by molar-refractivity contribution is 7.16. The molecule has 1 aliphatic rings. The third kappa shape index (κ3) is 2.43.